The predicted molar refractivity (Wildman–Crippen MR) is 72.2 cm³/mol. The van der Waals surface area contributed by atoms with Crippen LogP contribution in [0.4, 0.5) is 0 Å². The third-order valence-electron chi connectivity index (χ3n) is 2.69. The normalized spacial score (nSPS) is 10.6. The van der Waals surface area contributed by atoms with Crippen molar-refractivity contribution in [2.45, 2.75) is 19.9 Å². The summed E-state index contributed by atoms with van der Waals surface area (Å²) in [7, 11) is 0. The van der Waals surface area contributed by atoms with E-state index in [1.54, 1.807) is 12.3 Å². The van der Waals surface area contributed by atoms with Crippen molar-refractivity contribution >= 4 is 11.6 Å². The van der Waals surface area contributed by atoms with Crippen molar-refractivity contribution < 1.29 is 4.74 Å². The molecule has 0 unspecified atom stereocenters. The van der Waals surface area contributed by atoms with Crippen molar-refractivity contribution in [2.24, 2.45) is 5.73 Å². The number of hydrogen-bond donors (Lipinski definition) is 1. The monoisotopic (exact) mass is 265 g/mol. The second-order valence-corrected chi connectivity index (χ2v) is 4.40. The van der Waals surface area contributed by atoms with Crippen LogP contribution < -0.4 is 10.5 Å². The number of aromatic nitrogens is 2. The lowest BCUT2D eigenvalue weighted by Gasteiger charge is -2.07. The summed E-state index contributed by atoms with van der Waals surface area (Å²) in [6.07, 6.45) is 2.60. The summed E-state index contributed by atoms with van der Waals surface area (Å²) < 4.78 is 7.64. The summed E-state index contributed by atoms with van der Waals surface area (Å²) >= 11 is 6.05. The van der Waals surface area contributed by atoms with E-state index in [4.69, 9.17) is 22.1 Å². The third-order valence-corrected chi connectivity index (χ3v) is 3.00. The van der Waals surface area contributed by atoms with Crippen LogP contribution >= 0.6 is 11.6 Å². The van der Waals surface area contributed by atoms with Gasteiger partial charge in [-0.3, -0.25) is 4.68 Å². The molecule has 4 nitrogen and oxygen atoms in total. The Kier molecular flexibility index (Phi) is 4.23. The first-order valence-corrected chi connectivity index (χ1v) is 6.25. The Hall–Kier alpha value is -1.52. The van der Waals surface area contributed by atoms with Crippen molar-refractivity contribution in [1.29, 1.82) is 0 Å². The molecule has 0 spiro atoms. The number of rotatable bonds is 5. The summed E-state index contributed by atoms with van der Waals surface area (Å²) in [6.45, 7) is 3.42. The molecule has 5 heteroatoms. The summed E-state index contributed by atoms with van der Waals surface area (Å²) in [5.74, 6) is 1.36. The van der Waals surface area contributed by atoms with Crippen LogP contribution in [-0.2, 0) is 6.54 Å². The van der Waals surface area contributed by atoms with Gasteiger partial charge in [0.1, 0.15) is 5.75 Å². The molecule has 0 aliphatic rings. The van der Waals surface area contributed by atoms with E-state index in [0.29, 0.717) is 17.3 Å². The van der Waals surface area contributed by atoms with Crippen molar-refractivity contribution in [3.05, 3.63) is 41.2 Å². The maximum absolute atomic E-state index is 6.05. The molecule has 2 N–H and O–H groups in total. The fourth-order valence-corrected chi connectivity index (χ4v) is 1.82. The summed E-state index contributed by atoms with van der Waals surface area (Å²) in [6, 6.07) is 7.38. The lowest BCUT2D eigenvalue weighted by molar-refractivity contribution is 0.474. The molecule has 0 radical (unpaired) electrons. The Balaban J connectivity index is 2.15. The Morgan fingerprint density at radius 2 is 2.11 bits per heavy atom. The smallest absolute Gasteiger partial charge is 0.168 e. The summed E-state index contributed by atoms with van der Waals surface area (Å²) in [5, 5.41) is 4.86. The molecule has 1 aromatic carbocycles. The van der Waals surface area contributed by atoms with E-state index in [1.807, 2.05) is 29.8 Å². The lowest BCUT2D eigenvalue weighted by Crippen LogP contribution is -2.08. The number of ether oxygens (including phenoxy) is 1. The highest BCUT2D eigenvalue weighted by Crippen LogP contribution is 2.30. The molecule has 0 aliphatic carbocycles. The van der Waals surface area contributed by atoms with Crippen LogP contribution in [0.5, 0.6) is 11.5 Å². The number of para-hydroxylation sites is 1. The fraction of sp³-hybridized carbons (Fsp3) is 0.308. The molecule has 1 heterocycles. The first kappa shape index (κ1) is 12.9. The molecule has 0 fully saturated rings. The van der Waals surface area contributed by atoms with Crippen LogP contribution in [0.3, 0.4) is 0 Å². The standard InChI is InChI=1S/C13H16ClN3O/c1-10-13(9-16-17(10)8-4-7-15)18-12-6-3-2-5-11(12)14/h2-3,5-6,9H,4,7-8,15H2,1H3. The highest BCUT2D eigenvalue weighted by Gasteiger charge is 2.09. The van der Waals surface area contributed by atoms with Gasteiger partial charge in [0, 0.05) is 6.54 Å². The van der Waals surface area contributed by atoms with E-state index < -0.39 is 0 Å². The molecule has 96 valence electrons. The van der Waals surface area contributed by atoms with Gasteiger partial charge in [0.2, 0.25) is 0 Å². The third kappa shape index (κ3) is 2.83. The molecule has 2 aromatic rings. The molecule has 2 rings (SSSR count). The zero-order valence-corrected chi connectivity index (χ0v) is 11.0. The Labute approximate surface area is 111 Å². The zero-order valence-electron chi connectivity index (χ0n) is 10.3. The van der Waals surface area contributed by atoms with Crippen molar-refractivity contribution in [3.8, 4) is 11.5 Å². The second kappa shape index (κ2) is 5.89. The van der Waals surface area contributed by atoms with Crippen LogP contribution in [0, 0.1) is 6.92 Å². The zero-order chi connectivity index (χ0) is 13.0. The van der Waals surface area contributed by atoms with E-state index in [1.165, 1.54) is 0 Å². The van der Waals surface area contributed by atoms with Gasteiger partial charge in [0.15, 0.2) is 5.75 Å². The molecule has 0 amide bonds. The molecule has 18 heavy (non-hydrogen) atoms. The fourth-order valence-electron chi connectivity index (χ4n) is 1.64. The molecular weight excluding hydrogens is 250 g/mol. The van der Waals surface area contributed by atoms with Crippen LogP contribution in [-0.4, -0.2) is 16.3 Å². The largest absolute Gasteiger partial charge is 0.452 e. The minimum Gasteiger partial charge on any atom is -0.452 e. The number of nitrogens with zero attached hydrogens (tertiary/aromatic N) is 2. The van der Waals surface area contributed by atoms with Crippen molar-refractivity contribution in [2.75, 3.05) is 6.54 Å². The van der Waals surface area contributed by atoms with Crippen LogP contribution in [0.2, 0.25) is 5.02 Å². The number of hydrogen-bond acceptors (Lipinski definition) is 3. The minimum absolute atomic E-state index is 0.589. The van der Waals surface area contributed by atoms with Gasteiger partial charge in [-0.05, 0) is 32.0 Å². The predicted octanol–water partition coefficient (Wildman–Crippen LogP) is 2.99. The minimum atomic E-state index is 0.589. The maximum atomic E-state index is 6.05. The van der Waals surface area contributed by atoms with Gasteiger partial charge in [0.25, 0.3) is 0 Å². The van der Waals surface area contributed by atoms with Gasteiger partial charge in [-0.25, -0.2) is 0 Å². The molecule has 0 atom stereocenters. The average Bonchev–Trinajstić information content (AvgIpc) is 2.71. The number of nitrogens with two attached hydrogens (primary N) is 1. The average molecular weight is 266 g/mol. The van der Waals surface area contributed by atoms with Crippen molar-refractivity contribution in [1.82, 2.24) is 9.78 Å². The van der Waals surface area contributed by atoms with Crippen molar-refractivity contribution in [3.63, 3.8) is 0 Å². The Morgan fingerprint density at radius 3 is 2.83 bits per heavy atom. The van der Waals surface area contributed by atoms with Gasteiger partial charge in [0.05, 0.1) is 16.9 Å². The van der Waals surface area contributed by atoms with E-state index in [2.05, 4.69) is 5.10 Å². The SMILES string of the molecule is Cc1c(Oc2ccccc2Cl)cnn1CCCN. The van der Waals surface area contributed by atoms with Gasteiger partial charge in [-0.15, -0.1) is 0 Å². The van der Waals surface area contributed by atoms with Gasteiger partial charge >= 0.3 is 0 Å². The Morgan fingerprint density at radius 1 is 1.33 bits per heavy atom. The summed E-state index contributed by atoms with van der Waals surface area (Å²) in [4.78, 5) is 0. The van der Waals surface area contributed by atoms with E-state index in [9.17, 15) is 0 Å². The van der Waals surface area contributed by atoms with Gasteiger partial charge in [-0.2, -0.15) is 5.10 Å². The molecule has 0 saturated heterocycles. The van der Waals surface area contributed by atoms with E-state index in [-0.39, 0.29) is 0 Å². The second-order valence-electron chi connectivity index (χ2n) is 3.99. The highest BCUT2D eigenvalue weighted by atomic mass is 35.5. The molecular formula is C13H16ClN3O. The number of benzene rings is 1. The Bertz CT molecular complexity index is 525. The maximum Gasteiger partial charge on any atom is 0.168 e. The van der Waals surface area contributed by atoms with Crippen LogP contribution in [0.1, 0.15) is 12.1 Å². The lowest BCUT2D eigenvalue weighted by atomic mass is 10.3. The molecule has 1 aromatic heterocycles. The van der Waals surface area contributed by atoms with Gasteiger partial charge < -0.3 is 10.5 Å². The molecule has 0 bridgehead atoms. The first-order valence-electron chi connectivity index (χ1n) is 5.87. The topological polar surface area (TPSA) is 53.1 Å². The summed E-state index contributed by atoms with van der Waals surface area (Å²) in [5.41, 5.74) is 6.46. The molecule has 0 aliphatic heterocycles. The van der Waals surface area contributed by atoms with Crippen LogP contribution in [0.15, 0.2) is 30.5 Å². The number of halogens is 1. The van der Waals surface area contributed by atoms with Gasteiger partial charge in [-0.1, -0.05) is 23.7 Å². The van der Waals surface area contributed by atoms with Crippen LogP contribution in [0.25, 0.3) is 0 Å². The highest BCUT2D eigenvalue weighted by molar-refractivity contribution is 6.32. The molecule has 0 saturated carbocycles. The first-order chi connectivity index (χ1) is 8.72. The van der Waals surface area contributed by atoms with E-state index >= 15 is 0 Å². The number of aryl methyl sites for hydroxylation is 1. The quantitative estimate of drug-likeness (QED) is 0.904. The van der Waals surface area contributed by atoms with E-state index in [0.717, 1.165) is 24.4 Å².